The van der Waals surface area contributed by atoms with Crippen LogP contribution in [0.25, 0.3) is 33.2 Å². The highest BCUT2D eigenvalue weighted by Crippen LogP contribution is 2.35. The number of hydrogen-bond acceptors (Lipinski definition) is 3. The Balaban J connectivity index is 1.84. The number of nitrogens with zero attached hydrogens (tertiary/aromatic N) is 2. The zero-order valence-corrected chi connectivity index (χ0v) is 19.1. The molecule has 0 N–H and O–H groups in total. The lowest BCUT2D eigenvalue weighted by Crippen LogP contribution is -1.90. The molecule has 0 aliphatic heterocycles. The Bertz CT molecular complexity index is 1370. The van der Waals surface area contributed by atoms with E-state index in [0.29, 0.717) is 11.6 Å². The van der Waals surface area contributed by atoms with E-state index in [0.717, 1.165) is 49.9 Å². The largest absolute Gasteiger partial charge is 0.437 e. The summed E-state index contributed by atoms with van der Waals surface area (Å²) in [6, 6.07) is 14.8. The van der Waals surface area contributed by atoms with Gasteiger partial charge in [-0.1, -0.05) is 50.3 Å². The normalized spacial score (nSPS) is 13.2. The third kappa shape index (κ3) is 4.13. The van der Waals surface area contributed by atoms with E-state index in [1.54, 1.807) is 25.4 Å². The smallest absolute Gasteiger partial charge is 0.227 e. The molecule has 0 amide bonds. The van der Waals surface area contributed by atoms with E-state index >= 15 is 0 Å². The summed E-state index contributed by atoms with van der Waals surface area (Å²) in [4.78, 5) is 8.90. The summed E-state index contributed by atoms with van der Waals surface area (Å²) in [7, 11) is 1.73. The summed E-state index contributed by atoms with van der Waals surface area (Å²) in [6.07, 6.45) is 5.84. The van der Waals surface area contributed by atoms with Crippen molar-refractivity contribution in [2.24, 2.45) is 4.99 Å². The van der Waals surface area contributed by atoms with Gasteiger partial charge in [0.2, 0.25) is 5.71 Å². The van der Waals surface area contributed by atoms with Crippen molar-refractivity contribution in [1.29, 1.82) is 0 Å². The first kappa shape index (κ1) is 21.7. The number of aromatic nitrogens is 1. The fraction of sp³-hybridized carbons (Fsp3) is 0.214. The monoisotopic (exact) mass is 426 g/mol. The van der Waals surface area contributed by atoms with E-state index in [9.17, 15) is 4.39 Å². The predicted octanol–water partition coefficient (Wildman–Crippen LogP) is 7.74. The molecule has 0 spiro atoms. The second-order valence-corrected chi connectivity index (χ2v) is 8.35. The molecule has 2 aromatic heterocycles. The first-order valence-electron chi connectivity index (χ1n) is 10.8. The van der Waals surface area contributed by atoms with Gasteiger partial charge in [-0.15, -0.1) is 0 Å². The highest BCUT2D eigenvalue weighted by molar-refractivity contribution is 6.11. The molecule has 0 bridgehead atoms. The van der Waals surface area contributed by atoms with Crippen LogP contribution in [0.15, 0.2) is 70.1 Å². The van der Waals surface area contributed by atoms with Crippen LogP contribution in [0.5, 0.6) is 0 Å². The molecule has 4 aromatic rings. The maximum Gasteiger partial charge on any atom is 0.227 e. The molecule has 4 heteroatoms. The lowest BCUT2D eigenvalue weighted by molar-refractivity contribution is 0.627. The molecule has 0 aliphatic carbocycles. The summed E-state index contributed by atoms with van der Waals surface area (Å²) < 4.78 is 19.6. The number of benzene rings is 2. The number of aryl methyl sites for hydroxylation is 1. The van der Waals surface area contributed by atoms with Crippen molar-refractivity contribution < 1.29 is 8.81 Å². The maximum atomic E-state index is 13.3. The summed E-state index contributed by atoms with van der Waals surface area (Å²) in [5.74, 6) is 0.0837. The van der Waals surface area contributed by atoms with E-state index in [1.165, 1.54) is 12.1 Å². The molecular weight excluding hydrogens is 399 g/mol. The summed E-state index contributed by atoms with van der Waals surface area (Å²) in [5, 5.41) is 2.09. The average Bonchev–Trinajstić information content (AvgIpc) is 3.14. The first-order chi connectivity index (χ1) is 15.4. The summed E-state index contributed by atoms with van der Waals surface area (Å²) in [6.45, 7) is 8.42. The second-order valence-electron chi connectivity index (χ2n) is 8.35. The first-order valence-corrected chi connectivity index (χ1v) is 10.8. The number of halogens is 1. The highest BCUT2D eigenvalue weighted by Gasteiger charge is 2.16. The van der Waals surface area contributed by atoms with Crippen LogP contribution in [0.1, 0.15) is 49.1 Å². The van der Waals surface area contributed by atoms with Crippen molar-refractivity contribution in [3.63, 3.8) is 0 Å². The van der Waals surface area contributed by atoms with Crippen LogP contribution in [-0.2, 0) is 0 Å². The third-order valence-electron chi connectivity index (χ3n) is 5.68. The number of aliphatic imine (C=N–C) groups is 1. The van der Waals surface area contributed by atoms with Gasteiger partial charge in [-0.05, 0) is 66.3 Å². The van der Waals surface area contributed by atoms with E-state index in [4.69, 9.17) is 9.40 Å². The van der Waals surface area contributed by atoms with Crippen LogP contribution < -0.4 is 0 Å². The van der Waals surface area contributed by atoms with E-state index in [-0.39, 0.29) is 5.82 Å². The molecule has 2 aromatic carbocycles. The van der Waals surface area contributed by atoms with Gasteiger partial charge in [0.25, 0.3) is 0 Å². The number of hydrogen-bond donors (Lipinski definition) is 0. The topological polar surface area (TPSA) is 38.4 Å². The SMILES string of the molecule is CN=C/C(=C\C=C(/C)c1c(C)ccc2c1oc1nc(C(C)C)ccc12)c1ccc(F)cc1. The van der Waals surface area contributed by atoms with Gasteiger partial charge < -0.3 is 4.42 Å². The van der Waals surface area contributed by atoms with E-state index in [2.05, 4.69) is 63.0 Å². The van der Waals surface area contributed by atoms with Gasteiger partial charge in [-0.2, -0.15) is 0 Å². The van der Waals surface area contributed by atoms with Gasteiger partial charge in [0.05, 0.1) is 0 Å². The Morgan fingerprint density at radius 2 is 1.72 bits per heavy atom. The molecule has 3 nitrogen and oxygen atoms in total. The van der Waals surface area contributed by atoms with Gasteiger partial charge in [0.15, 0.2) is 0 Å². The zero-order chi connectivity index (χ0) is 22.8. The van der Waals surface area contributed by atoms with Gasteiger partial charge in [-0.25, -0.2) is 9.37 Å². The minimum atomic E-state index is -0.255. The van der Waals surface area contributed by atoms with Crippen LogP contribution in [-0.4, -0.2) is 18.2 Å². The minimum Gasteiger partial charge on any atom is -0.437 e. The number of rotatable bonds is 5. The number of pyridine rings is 1. The molecule has 0 atom stereocenters. The third-order valence-corrected chi connectivity index (χ3v) is 5.68. The van der Waals surface area contributed by atoms with Crippen molar-refractivity contribution in [3.05, 3.63) is 88.9 Å². The molecule has 0 radical (unpaired) electrons. The van der Waals surface area contributed by atoms with Crippen LogP contribution in [0.2, 0.25) is 0 Å². The molecular formula is C28H27FN2O. The molecule has 0 aliphatic rings. The second kappa shape index (κ2) is 8.91. The van der Waals surface area contributed by atoms with E-state index in [1.807, 2.05) is 6.08 Å². The Hall–Kier alpha value is -3.53. The predicted molar refractivity (Wildman–Crippen MR) is 133 cm³/mol. The van der Waals surface area contributed by atoms with E-state index < -0.39 is 0 Å². The van der Waals surface area contributed by atoms with Crippen molar-refractivity contribution in [2.45, 2.75) is 33.6 Å². The Morgan fingerprint density at radius 1 is 1.00 bits per heavy atom. The lowest BCUT2D eigenvalue weighted by Gasteiger charge is -2.07. The molecule has 0 fully saturated rings. The zero-order valence-electron chi connectivity index (χ0n) is 19.1. The highest BCUT2D eigenvalue weighted by atomic mass is 19.1. The standard InChI is InChI=1S/C28H27FN2O/c1-17(2)25-15-14-24-23-13-7-19(4)26(27(23)32-28(24)31-25)18(3)6-8-21(16-30-5)20-9-11-22(29)12-10-20/h6-17H,1-5H3/b18-6+,21-8+,30-16?. The Kier molecular flexibility index (Phi) is 6.04. The molecule has 0 saturated carbocycles. The molecule has 32 heavy (non-hydrogen) atoms. The van der Waals surface area contributed by atoms with Crippen LogP contribution in [0, 0.1) is 12.7 Å². The van der Waals surface area contributed by atoms with Crippen LogP contribution >= 0.6 is 0 Å². The maximum absolute atomic E-state index is 13.3. The van der Waals surface area contributed by atoms with Crippen LogP contribution in [0.4, 0.5) is 4.39 Å². The van der Waals surface area contributed by atoms with Crippen molar-refractivity contribution >= 4 is 39.4 Å². The molecule has 2 heterocycles. The number of fused-ring (bicyclic) bond motifs is 3. The molecule has 0 saturated heterocycles. The Morgan fingerprint density at radius 3 is 2.41 bits per heavy atom. The lowest BCUT2D eigenvalue weighted by atomic mass is 9.97. The average molecular weight is 427 g/mol. The molecule has 4 rings (SSSR count). The molecule has 162 valence electrons. The minimum absolute atomic E-state index is 0.255. The van der Waals surface area contributed by atoms with Crippen LogP contribution in [0.3, 0.4) is 0 Å². The Labute approximate surface area is 188 Å². The van der Waals surface area contributed by atoms with Crippen molar-refractivity contribution in [3.8, 4) is 0 Å². The fourth-order valence-corrected chi connectivity index (χ4v) is 3.94. The van der Waals surface area contributed by atoms with Gasteiger partial charge in [-0.3, -0.25) is 4.99 Å². The van der Waals surface area contributed by atoms with Crippen molar-refractivity contribution in [2.75, 3.05) is 7.05 Å². The van der Waals surface area contributed by atoms with Crippen molar-refractivity contribution in [1.82, 2.24) is 4.98 Å². The quantitative estimate of drug-likeness (QED) is 0.242. The van der Waals surface area contributed by atoms with Gasteiger partial charge >= 0.3 is 0 Å². The van der Waals surface area contributed by atoms with Gasteiger partial charge in [0.1, 0.15) is 11.4 Å². The fourth-order valence-electron chi connectivity index (χ4n) is 3.94. The number of furan rings is 1. The molecule has 0 unspecified atom stereocenters. The summed E-state index contributed by atoms with van der Waals surface area (Å²) in [5.41, 5.74) is 7.63. The number of allylic oxidation sites excluding steroid dienone is 4. The van der Waals surface area contributed by atoms with Gasteiger partial charge in [0, 0.05) is 35.3 Å². The summed E-state index contributed by atoms with van der Waals surface area (Å²) >= 11 is 0.